The summed E-state index contributed by atoms with van der Waals surface area (Å²) in [6.07, 6.45) is 9.58. The van der Waals surface area contributed by atoms with Crippen LogP contribution in [0.15, 0.2) is 46.3 Å². The van der Waals surface area contributed by atoms with Crippen molar-refractivity contribution in [3.8, 4) is 5.75 Å². The summed E-state index contributed by atoms with van der Waals surface area (Å²) in [5, 5.41) is 5.28. The van der Waals surface area contributed by atoms with Crippen molar-refractivity contribution in [2.24, 2.45) is 5.92 Å². The standard InChI is InChI=1S/C29H35BrN2O4S/c1-20(33)36-25-5-3-4-22(14-25)28-12-13-32(17-21-6-7-21)19-29(28,35-2)11-10-24(16-28)31-27(34)9-8-26-15-23(30)18-37-26/h3-5,8-9,14-15,18,21,24H,6-7,10-13,16-17,19H2,1-2H3,(H,31,34)/t24-,28+,29+/m1/s1. The smallest absolute Gasteiger partial charge is 0.308 e. The van der Waals surface area contributed by atoms with Gasteiger partial charge in [0.15, 0.2) is 0 Å². The number of hydrogen-bond donors (Lipinski definition) is 1. The fourth-order valence-corrected chi connectivity index (χ4v) is 7.72. The topological polar surface area (TPSA) is 67.9 Å². The minimum Gasteiger partial charge on any atom is -0.427 e. The van der Waals surface area contributed by atoms with Gasteiger partial charge in [0.2, 0.25) is 5.91 Å². The zero-order valence-corrected chi connectivity index (χ0v) is 23.9. The Morgan fingerprint density at radius 3 is 2.78 bits per heavy atom. The predicted octanol–water partition coefficient (Wildman–Crippen LogP) is 5.56. The number of fused-ring (bicyclic) bond motifs is 1. The summed E-state index contributed by atoms with van der Waals surface area (Å²) < 4.78 is 13.0. The summed E-state index contributed by atoms with van der Waals surface area (Å²) in [5.41, 5.74) is 0.461. The average molecular weight is 588 g/mol. The molecule has 1 saturated heterocycles. The van der Waals surface area contributed by atoms with Crippen LogP contribution in [0, 0.1) is 5.92 Å². The fourth-order valence-electron chi connectivity index (χ4n) is 6.38. The van der Waals surface area contributed by atoms with Gasteiger partial charge < -0.3 is 19.7 Å². The van der Waals surface area contributed by atoms with Gasteiger partial charge in [0, 0.05) is 59.4 Å². The van der Waals surface area contributed by atoms with E-state index in [2.05, 4.69) is 32.2 Å². The van der Waals surface area contributed by atoms with Crippen molar-refractivity contribution in [2.75, 3.05) is 26.7 Å². The molecule has 3 fully saturated rings. The van der Waals surface area contributed by atoms with Crippen LogP contribution >= 0.6 is 27.3 Å². The molecule has 0 bridgehead atoms. The second kappa shape index (κ2) is 11.0. The maximum absolute atomic E-state index is 12.9. The van der Waals surface area contributed by atoms with Gasteiger partial charge in [0.05, 0.1) is 5.60 Å². The number of amides is 1. The molecular formula is C29H35BrN2O4S. The molecule has 37 heavy (non-hydrogen) atoms. The van der Waals surface area contributed by atoms with Crippen LogP contribution in [0.5, 0.6) is 5.75 Å². The summed E-state index contributed by atoms with van der Waals surface area (Å²) in [6.45, 7) is 4.44. The lowest BCUT2D eigenvalue weighted by atomic mass is 9.55. The number of hydrogen-bond acceptors (Lipinski definition) is 6. The minimum atomic E-state index is -0.366. The van der Waals surface area contributed by atoms with Gasteiger partial charge in [-0.3, -0.25) is 9.59 Å². The second-order valence-corrected chi connectivity index (χ2v) is 12.6. The van der Waals surface area contributed by atoms with Crippen LogP contribution in [0.3, 0.4) is 0 Å². The van der Waals surface area contributed by atoms with Gasteiger partial charge in [-0.2, -0.15) is 0 Å². The zero-order valence-electron chi connectivity index (χ0n) is 21.5. The van der Waals surface area contributed by atoms with Gasteiger partial charge in [-0.1, -0.05) is 12.1 Å². The van der Waals surface area contributed by atoms with Crippen molar-refractivity contribution in [1.29, 1.82) is 0 Å². The van der Waals surface area contributed by atoms with E-state index in [9.17, 15) is 9.59 Å². The highest BCUT2D eigenvalue weighted by molar-refractivity contribution is 9.10. The number of ether oxygens (including phenoxy) is 2. The second-order valence-electron chi connectivity index (χ2n) is 10.8. The largest absolute Gasteiger partial charge is 0.427 e. The van der Waals surface area contributed by atoms with Crippen molar-refractivity contribution in [1.82, 2.24) is 10.2 Å². The molecule has 1 N–H and O–H groups in total. The van der Waals surface area contributed by atoms with Crippen molar-refractivity contribution in [3.63, 3.8) is 0 Å². The number of benzene rings is 1. The number of thiophene rings is 1. The normalized spacial score (nSPS) is 28.1. The van der Waals surface area contributed by atoms with E-state index in [1.54, 1.807) is 17.4 Å². The Morgan fingerprint density at radius 1 is 1.24 bits per heavy atom. The molecule has 6 nitrogen and oxygen atoms in total. The molecule has 0 spiro atoms. The van der Waals surface area contributed by atoms with Gasteiger partial charge in [-0.25, -0.2) is 0 Å². The number of nitrogens with zero attached hydrogens (tertiary/aromatic N) is 1. The zero-order chi connectivity index (χ0) is 26.0. The van der Waals surface area contributed by atoms with E-state index in [1.165, 1.54) is 19.8 Å². The van der Waals surface area contributed by atoms with Crippen molar-refractivity contribution in [2.45, 2.75) is 62.5 Å². The van der Waals surface area contributed by atoms with Crippen molar-refractivity contribution >= 4 is 45.2 Å². The summed E-state index contributed by atoms with van der Waals surface area (Å²) in [7, 11) is 1.84. The van der Waals surface area contributed by atoms with Gasteiger partial charge in [0.1, 0.15) is 5.75 Å². The van der Waals surface area contributed by atoms with E-state index < -0.39 is 0 Å². The molecule has 1 aliphatic heterocycles. The number of esters is 1. The monoisotopic (exact) mass is 586 g/mol. The van der Waals surface area contributed by atoms with E-state index in [4.69, 9.17) is 9.47 Å². The highest BCUT2D eigenvalue weighted by atomic mass is 79.9. The molecular weight excluding hydrogens is 552 g/mol. The van der Waals surface area contributed by atoms with Gasteiger partial charge >= 0.3 is 5.97 Å². The maximum Gasteiger partial charge on any atom is 0.308 e. The number of nitrogens with one attached hydrogen (secondary N) is 1. The number of likely N-dealkylation sites (tertiary alicyclic amines) is 1. The molecule has 2 saturated carbocycles. The Kier molecular flexibility index (Phi) is 7.91. The highest BCUT2D eigenvalue weighted by Crippen LogP contribution is 2.54. The number of methoxy groups -OCH3 is 1. The van der Waals surface area contributed by atoms with Crippen LogP contribution in [0.2, 0.25) is 0 Å². The molecule has 3 aliphatic rings. The number of rotatable bonds is 8. The summed E-state index contributed by atoms with van der Waals surface area (Å²) in [4.78, 5) is 28.2. The van der Waals surface area contributed by atoms with Crippen LogP contribution in [0.1, 0.15) is 55.9 Å². The molecule has 0 radical (unpaired) electrons. The number of piperidine rings is 1. The molecule has 1 aromatic carbocycles. The summed E-state index contributed by atoms with van der Waals surface area (Å²) >= 11 is 5.06. The lowest BCUT2D eigenvalue weighted by molar-refractivity contribution is -0.150. The Morgan fingerprint density at radius 2 is 2.08 bits per heavy atom. The molecule has 1 amide bonds. The highest BCUT2D eigenvalue weighted by Gasteiger charge is 2.59. The Bertz CT molecular complexity index is 1180. The van der Waals surface area contributed by atoms with Crippen LogP contribution in [0.25, 0.3) is 6.08 Å². The van der Waals surface area contributed by atoms with E-state index >= 15 is 0 Å². The Balaban J connectivity index is 1.41. The van der Waals surface area contributed by atoms with Gasteiger partial charge in [-0.05, 0) is 96.8 Å². The molecule has 2 heterocycles. The third-order valence-electron chi connectivity index (χ3n) is 8.28. The molecule has 2 aliphatic carbocycles. The lowest BCUT2D eigenvalue weighted by Crippen LogP contribution is -2.68. The molecule has 5 rings (SSSR count). The van der Waals surface area contributed by atoms with Gasteiger partial charge in [0.25, 0.3) is 0 Å². The molecule has 0 unspecified atom stereocenters. The first-order valence-corrected chi connectivity index (χ1v) is 14.8. The molecule has 2 aromatic rings. The Labute approximate surface area is 231 Å². The molecule has 1 aromatic heterocycles. The van der Waals surface area contributed by atoms with E-state index in [1.807, 2.05) is 42.8 Å². The van der Waals surface area contributed by atoms with Crippen LogP contribution in [-0.4, -0.2) is 55.2 Å². The molecule has 3 atom stereocenters. The lowest BCUT2D eigenvalue weighted by Gasteiger charge is -2.60. The number of carbonyl (C=O) groups is 2. The predicted molar refractivity (Wildman–Crippen MR) is 150 cm³/mol. The SMILES string of the molecule is CO[C@]12CC[C@@H](NC(=O)C=Cc3cc(Br)cs3)C[C@]1(c1cccc(OC(C)=O)c1)CCN(CC1CC1)C2. The van der Waals surface area contributed by atoms with Crippen LogP contribution in [-0.2, 0) is 19.7 Å². The van der Waals surface area contributed by atoms with Crippen LogP contribution in [0.4, 0.5) is 0 Å². The van der Waals surface area contributed by atoms with E-state index in [-0.39, 0.29) is 28.9 Å². The first kappa shape index (κ1) is 26.6. The average Bonchev–Trinajstić information content (AvgIpc) is 3.59. The summed E-state index contributed by atoms with van der Waals surface area (Å²) in [5.74, 6) is 0.973. The maximum atomic E-state index is 12.9. The first-order valence-electron chi connectivity index (χ1n) is 13.1. The molecule has 198 valence electrons. The first-order chi connectivity index (χ1) is 17.8. The minimum absolute atomic E-state index is 0.0304. The quantitative estimate of drug-likeness (QED) is 0.249. The van der Waals surface area contributed by atoms with Crippen molar-refractivity contribution in [3.05, 3.63) is 56.7 Å². The number of halogens is 1. The van der Waals surface area contributed by atoms with E-state index in [0.29, 0.717) is 5.75 Å². The van der Waals surface area contributed by atoms with Crippen LogP contribution < -0.4 is 10.1 Å². The molecule has 8 heteroatoms. The van der Waals surface area contributed by atoms with E-state index in [0.717, 1.165) is 66.1 Å². The number of carbonyl (C=O) groups excluding carboxylic acids is 2. The fraction of sp³-hybridized carbons (Fsp3) is 0.517. The van der Waals surface area contributed by atoms with Crippen molar-refractivity contribution < 1.29 is 19.1 Å². The third-order valence-corrected chi connectivity index (χ3v) is 9.94. The third kappa shape index (κ3) is 5.87. The Hall–Kier alpha value is -2.00. The van der Waals surface area contributed by atoms with Gasteiger partial charge in [-0.15, -0.1) is 11.3 Å². The summed E-state index contributed by atoms with van der Waals surface area (Å²) in [6, 6.07) is 9.96.